The second kappa shape index (κ2) is 10.8. The van der Waals surface area contributed by atoms with E-state index in [-0.39, 0.29) is 35.3 Å². The molecule has 1 saturated heterocycles. The van der Waals surface area contributed by atoms with Gasteiger partial charge in [-0.25, -0.2) is 17.5 Å². The van der Waals surface area contributed by atoms with Gasteiger partial charge in [0.25, 0.3) is 0 Å². The van der Waals surface area contributed by atoms with Crippen LogP contribution >= 0.6 is 0 Å². The topological polar surface area (TPSA) is 98.8 Å². The molecule has 168 valence electrons. The summed E-state index contributed by atoms with van der Waals surface area (Å²) in [5, 5.41) is 5.69. The van der Waals surface area contributed by atoms with Crippen LogP contribution in [0.2, 0.25) is 0 Å². The summed E-state index contributed by atoms with van der Waals surface area (Å²) in [5.41, 5.74) is 0.534. The smallest absolute Gasteiger partial charge is 0.315 e. The van der Waals surface area contributed by atoms with Crippen molar-refractivity contribution in [3.63, 3.8) is 0 Å². The average molecular weight is 439 g/mol. The number of carbonyl (C=O) groups is 2. The normalized spacial score (nSPS) is 15.5. The maximum atomic E-state index is 12.5. The van der Waals surface area contributed by atoms with Crippen LogP contribution in [0.1, 0.15) is 45.1 Å². The molecule has 3 amide bonds. The lowest BCUT2D eigenvalue weighted by Gasteiger charge is -2.34. The van der Waals surface area contributed by atoms with E-state index in [9.17, 15) is 18.0 Å². The first kappa shape index (κ1) is 24.1. The third-order valence-electron chi connectivity index (χ3n) is 5.65. The number of carbonyl (C=O) groups excluding carboxylic acids is 2. The van der Waals surface area contributed by atoms with Gasteiger partial charge in [0.15, 0.2) is 0 Å². The number of amides is 3. The van der Waals surface area contributed by atoms with Gasteiger partial charge in [-0.05, 0) is 37.3 Å². The van der Waals surface area contributed by atoms with E-state index in [2.05, 4.69) is 10.6 Å². The van der Waals surface area contributed by atoms with Crippen LogP contribution in [0.25, 0.3) is 0 Å². The Labute approximate surface area is 180 Å². The standard InChI is InChI=1S/C21H34N4O4S/c1-5-16(6-2)20(26)25-13-11-18(12-14-25)23-21(27)22-15-17-9-7-8-10-19(17)30(28,29)24(3)4/h7-10,16,18H,5-6,11-15H2,1-4H3,(H2,22,23,27). The molecule has 9 heteroatoms. The van der Waals surface area contributed by atoms with E-state index in [1.165, 1.54) is 20.2 Å². The maximum Gasteiger partial charge on any atom is 0.315 e. The molecule has 8 nitrogen and oxygen atoms in total. The van der Waals surface area contributed by atoms with Crippen molar-refractivity contribution in [1.29, 1.82) is 0 Å². The predicted octanol–water partition coefficient (Wildman–Crippen LogP) is 2.16. The van der Waals surface area contributed by atoms with Crippen LogP contribution in [0, 0.1) is 5.92 Å². The second-order valence-electron chi connectivity index (χ2n) is 7.84. The summed E-state index contributed by atoms with van der Waals surface area (Å²) in [6.45, 7) is 5.47. The zero-order chi connectivity index (χ0) is 22.3. The Bertz CT molecular complexity index is 829. The maximum absolute atomic E-state index is 12.5. The van der Waals surface area contributed by atoms with Crippen LogP contribution in [0.15, 0.2) is 29.2 Å². The number of sulfonamides is 1. The zero-order valence-corrected chi connectivity index (χ0v) is 19.2. The molecule has 0 aromatic heterocycles. The number of benzene rings is 1. The molecule has 1 aliphatic heterocycles. The van der Waals surface area contributed by atoms with Gasteiger partial charge < -0.3 is 15.5 Å². The minimum Gasteiger partial charge on any atom is -0.342 e. The predicted molar refractivity (Wildman–Crippen MR) is 116 cm³/mol. The fraction of sp³-hybridized carbons (Fsp3) is 0.619. The molecule has 0 aliphatic carbocycles. The van der Waals surface area contributed by atoms with Crippen molar-refractivity contribution in [2.45, 2.75) is 57.0 Å². The molecule has 1 aliphatic rings. The van der Waals surface area contributed by atoms with Crippen LogP contribution in [0.4, 0.5) is 4.79 Å². The molecule has 0 bridgehead atoms. The SMILES string of the molecule is CCC(CC)C(=O)N1CCC(NC(=O)NCc2ccccc2S(=O)(=O)N(C)C)CC1. The number of nitrogens with zero attached hydrogens (tertiary/aromatic N) is 2. The molecule has 1 aromatic rings. The van der Waals surface area contributed by atoms with Gasteiger partial charge in [-0.15, -0.1) is 0 Å². The third kappa shape index (κ3) is 5.95. The largest absolute Gasteiger partial charge is 0.342 e. The highest BCUT2D eigenvalue weighted by atomic mass is 32.2. The number of hydrogen-bond acceptors (Lipinski definition) is 4. The Morgan fingerprint density at radius 3 is 2.30 bits per heavy atom. The van der Waals surface area contributed by atoms with Crippen molar-refractivity contribution >= 4 is 22.0 Å². The van der Waals surface area contributed by atoms with Gasteiger partial charge in [0.05, 0.1) is 4.90 Å². The van der Waals surface area contributed by atoms with Crippen LogP contribution in [-0.2, 0) is 21.4 Å². The number of piperidine rings is 1. The molecule has 0 unspecified atom stereocenters. The Morgan fingerprint density at radius 2 is 1.73 bits per heavy atom. The van der Waals surface area contributed by atoms with Gasteiger partial charge in [-0.2, -0.15) is 0 Å². The zero-order valence-electron chi connectivity index (χ0n) is 18.3. The average Bonchev–Trinajstić information content (AvgIpc) is 2.73. The summed E-state index contributed by atoms with van der Waals surface area (Å²) in [6, 6.07) is 6.30. The lowest BCUT2D eigenvalue weighted by atomic mass is 9.98. The summed E-state index contributed by atoms with van der Waals surface area (Å²) in [4.78, 5) is 26.9. The molecular weight excluding hydrogens is 404 g/mol. The highest BCUT2D eigenvalue weighted by molar-refractivity contribution is 7.89. The van der Waals surface area contributed by atoms with Crippen LogP contribution in [0.5, 0.6) is 0 Å². The first-order chi connectivity index (χ1) is 14.2. The van der Waals surface area contributed by atoms with E-state index in [1.54, 1.807) is 18.2 Å². The highest BCUT2D eigenvalue weighted by Crippen LogP contribution is 2.19. The van der Waals surface area contributed by atoms with Gasteiger partial charge in [0, 0.05) is 45.7 Å². The van der Waals surface area contributed by atoms with Crippen molar-refractivity contribution < 1.29 is 18.0 Å². The van der Waals surface area contributed by atoms with Gasteiger partial charge in [0.1, 0.15) is 0 Å². The fourth-order valence-corrected chi connectivity index (χ4v) is 4.77. The number of hydrogen-bond donors (Lipinski definition) is 2. The van der Waals surface area contributed by atoms with E-state index in [0.29, 0.717) is 31.5 Å². The highest BCUT2D eigenvalue weighted by Gasteiger charge is 2.27. The Kier molecular flexibility index (Phi) is 8.66. The Morgan fingerprint density at radius 1 is 1.13 bits per heavy atom. The summed E-state index contributed by atoms with van der Waals surface area (Å²) in [6.07, 6.45) is 3.12. The van der Waals surface area contributed by atoms with Crippen molar-refractivity contribution in [2.24, 2.45) is 5.92 Å². The van der Waals surface area contributed by atoms with E-state index < -0.39 is 10.0 Å². The number of urea groups is 1. The van der Waals surface area contributed by atoms with Crippen LogP contribution < -0.4 is 10.6 Å². The van der Waals surface area contributed by atoms with E-state index in [0.717, 1.165) is 17.1 Å². The molecule has 2 N–H and O–H groups in total. The van der Waals surface area contributed by atoms with Crippen LogP contribution in [0.3, 0.4) is 0 Å². The van der Waals surface area contributed by atoms with Crippen molar-refractivity contribution in [2.75, 3.05) is 27.2 Å². The number of rotatable bonds is 8. The molecule has 0 radical (unpaired) electrons. The van der Waals surface area contributed by atoms with Crippen LogP contribution in [-0.4, -0.2) is 62.8 Å². The van der Waals surface area contributed by atoms with Gasteiger partial charge in [-0.1, -0.05) is 32.0 Å². The molecular formula is C21H34N4O4S. The number of likely N-dealkylation sites (tertiary alicyclic amines) is 1. The fourth-order valence-electron chi connectivity index (χ4n) is 3.65. The number of nitrogens with one attached hydrogen (secondary N) is 2. The summed E-state index contributed by atoms with van der Waals surface area (Å²) in [7, 11) is -0.627. The molecule has 0 saturated carbocycles. The minimum atomic E-state index is -3.58. The van der Waals surface area contributed by atoms with E-state index in [4.69, 9.17) is 0 Å². The molecule has 1 heterocycles. The monoisotopic (exact) mass is 438 g/mol. The quantitative estimate of drug-likeness (QED) is 0.650. The lowest BCUT2D eigenvalue weighted by Crippen LogP contribution is -2.50. The van der Waals surface area contributed by atoms with Crippen molar-refractivity contribution in [3.8, 4) is 0 Å². The molecule has 2 rings (SSSR count). The van der Waals surface area contributed by atoms with Gasteiger partial charge >= 0.3 is 6.03 Å². The summed E-state index contributed by atoms with van der Waals surface area (Å²) >= 11 is 0. The van der Waals surface area contributed by atoms with Gasteiger partial charge in [-0.3, -0.25) is 4.79 Å². The Balaban J connectivity index is 1.87. The first-order valence-corrected chi connectivity index (χ1v) is 12.0. The van der Waals surface area contributed by atoms with E-state index in [1.807, 2.05) is 18.7 Å². The summed E-state index contributed by atoms with van der Waals surface area (Å²) in [5.74, 6) is 0.290. The van der Waals surface area contributed by atoms with E-state index >= 15 is 0 Å². The van der Waals surface area contributed by atoms with Crippen molar-refractivity contribution in [3.05, 3.63) is 29.8 Å². The third-order valence-corrected chi connectivity index (χ3v) is 7.56. The summed E-state index contributed by atoms with van der Waals surface area (Å²) < 4.78 is 26.1. The Hall–Kier alpha value is -2.13. The lowest BCUT2D eigenvalue weighted by molar-refractivity contribution is -0.136. The molecule has 0 atom stereocenters. The van der Waals surface area contributed by atoms with Gasteiger partial charge in [0.2, 0.25) is 15.9 Å². The first-order valence-electron chi connectivity index (χ1n) is 10.5. The molecule has 0 spiro atoms. The molecule has 30 heavy (non-hydrogen) atoms. The van der Waals surface area contributed by atoms with Crippen molar-refractivity contribution in [1.82, 2.24) is 19.8 Å². The minimum absolute atomic E-state index is 0.00324. The molecule has 1 fully saturated rings. The molecule has 1 aromatic carbocycles. The second-order valence-corrected chi connectivity index (χ2v) is 9.96.